The molecular weight excluding hydrogens is 273 g/mol. The van der Waals surface area contributed by atoms with Crippen molar-refractivity contribution in [2.24, 2.45) is 0 Å². The Balaban J connectivity index is 2.46. The average molecular weight is 295 g/mol. The molecule has 21 heavy (non-hydrogen) atoms. The molecule has 4 nitrogen and oxygen atoms in total. The first kappa shape index (κ1) is 17.1. The van der Waals surface area contributed by atoms with E-state index in [0.717, 1.165) is 31.7 Å². The van der Waals surface area contributed by atoms with Gasteiger partial charge in [0.25, 0.3) is 0 Å². The third-order valence-electron chi connectivity index (χ3n) is 3.27. The number of carboxylic acids is 1. The number of carboxylic acid groups (broad SMARTS) is 1. The van der Waals surface area contributed by atoms with Gasteiger partial charge < -0.3 is 10.4 Å². The number of benzene rings is 1. The van der Waals surface area contributed by atoms with Gasteiger partial charge in [0.1, 0.15) is 5.82 Å². The van der Waals surface area contributed by atoms with Crippen LogP contribution in [-0.4, -0.2) is 17.0 Å². The van der Waals surface area contributed by atoms with Gasteiger partial charge in [-0.3, -0.25) is 4.79 Å². The Morgan fingerprint density at radius 2 is 1.81 bits per heavy atom. The number of hydrogen-bond acceptors (Lipinski definition) is 2. The molecule has 1 aromatic rings. The molecule has 1 rings (SSSR count). The van der Waals surface area contributed by atoms with E-state index in [0.29, 0.717) is 0 Å². The van der Waals surface area contributed by atoms with Crippen LogP contribution in [-0.2, 0) is 4.79 Å². The highest BCUT2D eigenvalue weighted by Gasteiger charge is 2.16. The second-order valence-corrected chi connectivity index (χ2v) is 5.03. The lowest BCUT2D eigenvalue weighted by molar-refractivity contribution is -0.116. The molecule has 2 N–H and O–H groups in total. The maximum absolute atomic E-state index is 13.6. The first-order chi connectivity index (χ1) is 10.1. The zero-order valence-corrected chi connectivity index (χ0v) is 12.3. The molecule has 0 aromatic heterocycles. The summed E-state index contributed by atoms with van der Waals surface area (Å²) in [5.74, 6) is -2.34. The minimum atomic E-state index is -1.26. The molecule has 0 heterocycles. The Morgan fingerprint density at radius 3 is 2.48 bits per heavy atom. The van der Waals surface area contributed by atoms with Crippen molar-refractivity contribution < 1.29 is 19.1 Å². The predicted octanol–water partition coefficient (Wildman–Crippen LogP) is 4.21. The lowest BCUT2D eigenvalue weighted by atomic mass is 10.1. The van der Waals surface area contributed by atoms with Crippen LogP contribution in [0.2, 0.25) is 0 Å². The highest BCUT2D eigenvalue weighted by atomic mass is 19.1. The summed E-state index contributed by atoms with van der Waals surface area (Å²) in [4.78, 5) is 22.8. The fraction of sp³-hybridized carbons (Fsp3) is 0.500. The smallest absolute Gasteiger partial charge is 0.337 e. The van der Waals surface area contributed by atoms with Crippen LogP contribution in [0.15, 0.2) is 18.2 Å². The van der Waals surface area contributed by atoms with E-state index in [1.54, 1.807) is 0 Å². The molecule has 0 radical (unpaired) electrons. The number of aromatic carboxylic acids is 1. The predicted molar refractivity (Wildman–Crippen MR) is 80.0 cm³/mol. The fourth-order valence-electron chi connectivity index (χ4n) is 2.10. The Bertz CT molecular complexity index is 488. The van der Waals surface area contributed by atoms with E-state index in [1.165, 1.54) is 25.0 Å². The quantitative estimate of drug-likeness (QED) is 0.670. The highest BCUT2D eigenvalue weighted by molar-refractivity contribution is 6.00. The van der Waals surface area contributed by atoms with E-state index in [2.05, 4.69) is 12.2 Å². The SMILES string of the molecule is CCCCCCCCC(=O)Nc1c(F)cccc1C(=O)O. The summed E-state index contributed by atoms with van der Waals surface area (Å²) < 4.78 is 13.6. The Labute approximate surface area is 124 Å². The number of rotatable bonds is 9. The van der Waals surface area contributed by atoms with Crippen LogP contribution in [0, 0.1) is 5.82 Å². The maximum Gasteiger partial charge on any atom is 0.337 e. The third kappa shape index (κ3) is 5.94. The number of halogens is 1. The molecule has 1 aromatic carbocycles. The van der Waals surface area contributed by atoms with Gasteiger partial charge in [-0.2, -0.15) is 0 Å². The van der Waals surface area contributed by atoms with Crippen molar-refractivity contribution in [1.82, 2.24) is 0 Å². The van der Waals surface area contributed by atoms with Gasteiger partial charge in [0.05, 0.1) is 11.3 Å². The average Bonchev–Trinajstić information content (AvgIpc) is 2.44. The lowest BCUT2D eigenvalue weighted by Gasteiger charge is -2.09. The fourth-order valence-corrected chi connectivity index (χ4v) is 2.10. The number of unbranched alkanes of at least 4 members (excludes halogenated alkanes) is 5. The molecule has 0 bridgehead atoms. The van der Waals surface area contributed by atoms with Gasteiger partial charge in [0.2, 0.25) is 5.91 Å². The number of anilines is 1. The van der Waals surface area contributed by atoms with E-state index >= 15 is 0 Å². The first-order valence-electron chi connectivity index (χ1n) is 7.38. The largest absolute Gasteiger partial charge is 0.478 e. The van der Waals surface area contributed by atoms with Crippen LogP contribution in [0.4, 0.5) is 10.1 Å². The summed E-state index contributed by atoms with van der Waals surface area (Å²) in [6.07, 6.45) is 6.58. The Morgan fingerprint density at radius 1 is 1.14 bits per heavy atom. The van der Waals surface area contributed by atoms with Crippen LogP contribution in [0.5, 0.6) is 0 Å². The zero-order chi connectivity index (χ0) is 15.7. The lowest BCUT2D eigenvalue weighted by Crippen LogP contribution is -2.15. The summed E-state index contributed by atoms with van der Waals surface area (Å²) in [6, 6.07) is 3.71. The second-order valence-electron chi connectivity index (χ2n) is 5.03. The summed E-state index contributed by atoms with van der Waals surface area (Å²) in [5.41, 5.74) is -0.479. The summed E-state index contributed by atoms with van der Waals surface area (Å²) in [5, 5.41) is 11.3. The zero-order valence-electron chi connectivity index (χ0n) is 12.3. The molecule has 0 fully saturated rings. The van der Waals surface area contributed by atoms with Crippen LogP contribution in [0.3, 0.4) is 0 Å². The number of hydrogen-bond donors (Lipinski definition) is 2. The van der Waals surface area contributed by atoms with E-state index in [9.17, 15) is 14.0 Å². The normalized spacial score (nSPS) is 10.4. The van der Waals surface area contributed by atoms with E-state index in [-0.39, 0.29) is 23.6 Å². The Hall–Kier alpha value is -1.91. The molecule has 116 valence electrons. The van der Waals surface area contributed by atoms with Crippen LogP contribution < -0.4 is 5.32 Å². The van der Waals surface area contributed by atoms with Crippen LogP contribution in [0.1, 0.15) is 62.2 Å². The maximum atomic E-state index is 13.6. The molecule has 0 saturated heterocycles. The van der Waals surface area contributed by atoms with Gasteiger partial charge >= 0.3 is 5.97 Å². The van der Waals surface area contributed by atoms with Gasteiger partial charge in [0.15, 0.2) is 0 Å². The van der Waals surface area contributed by atoms with E-state index in [4.69, 9.17) is 5.11 Å². The van der Waals surface area contributed by atoms with Crippen molar-refractivity contribution in [3.05, 3.63) is 29.6 Å². The van der Waals surface area contributed by atoms with Gasteiger partial charge in [-0.15, -0.1) is 0 Å². The Kier molecular flexibility index (Phi) is 7.43. The van der Waals surface area contributed by atoms with Gasteiger partial charge in [0, 0.05) is 6.42 Å². The van der Waals surface area contributed by atoms with E-state index < -0.39 is 11.8 Å². The monoisotopic (exact) mass is 295 g/mol. The van der Waals surface area contributed by atoms with Gasteiger partial charge in [-0.05, 0) is 18.6 Å². The molecule has 0 aliphatic carbocycles. The number of para-hydroxylation sites is 1. The molecule has 0 aliphatic rings. The number of nitrogens with one attached hydrogen (secondary N) is 1. The van der Waals surface area contributed by atoms with E-state index in [1.807, 2.05) is 0 Å². The van der Waals surface area contributed by atoms with Gasteiger partial charge in [-0.1, -0.05) is 45.1 Å². The molecule has 0 spiro atoms. The van der Waals surface area contributed by atoms with Crippen molar-refractivity contribution in [1.29, 1.82) is 0 Å². The molecule has 0 saturated carbocycles. The third-order valence-corrected chi connectivity index (χ3v) is 3.27. The summed E-state index contributed by atoms with van der Waals surface area (Å²) >= 11 is 0. The van der Waals surface area contributed by atoms with Crippen LogP contribution in [0.25, 0.3) is 0 Å². The minimum Gasteiger partial charge on any atom is -0.478 e. The number of carbonyl (C=O) groups excluding carboxylic acids is 1. The first-order valence-corrected chi connectivity index (χ1v) is 7.38. The molecule has 5 heteroatoms. The van der Waals surface area contributed by atoms with Crippen molar-refractivity contribution in [3.63, 3.8) is 0 Å². The molecule has 1 amide bonds. The van der Waals surface area contributed by atoms with Gasteiger partial charge in [-0.25, -0.2) is 9.18 Å². The standard InChI is InChI=1S/C16H22FNO3/c1-2-3-4-5-6-7-11-14(19)18-15-12(16(20)21)9-8-10-13(15)17/h8-10H,2-7,11H2,1H3,(H,18,19)(H,20,21). The molecule has 0 atom stereocenters. The second kappa shape index (κ2) is 9.10. The van der Waals surface area contributed by atoms with Crippen molar-refractivity contribution in [2.45, 2.75) is 51.9 Å². The molecule has 0 unspecified atom stereocenters. The highest BCUT2D eigenvalue weighted by Crippen LogP contribution is 2.20. The van der Waals surface area contributed by atoms with Crippen molar-refractivity contribution in [2.75, 3.05) is 5.32 Å². The van der Waals surface area contributed by atoms with Crippen LogP contribution >= 0.6 is 0 Å². The number of carbonyl (C=O) groups is 2. The number of amides is 1. The summed E-state index contributed by atoms with van der Waals surface area (Å²) in [6.45, 7) is 2.14. The summed E-state index contributed by atoms with van der Waals surface area (Å²) in [7, 11) is 0. The molecular formula is C16H22FNO3. The van der Waals surface area contributed by atoms with Crippen molar-refractivity contribution in [3.8, 4) is 0 Å². The minimum absolute atomic E-state index is 0.230. The topological polar surface area (TPSA) is 66.4 Å². The molecule has 0 aliphatic heterocycles. The van der Waals surface area contributed by atoms with Crippen molar-refractivity contribution >= 4 is 17.6 Å².